The maximum absolute atomic E-state index is 5.56. The molecule has 2 aliphatic rings. The fourth-order valence-corrected chi connectivity index (χ4v) is 5.02. The van der Waals surface area contributed by atoms with E-state index in [4.69, 9.17) is 9.73 Å². The lowest BCUT2D eigenvalue weighted by molar-refractivity contribution is 0.0177. The monoisotopic (exact) mass is 570 g/mol. The molecular formula is C23H35IN6OS. The molecule has 0 saturated carbocycles. The van der Waals surface area contributed by atoms with Crippen LogP contribution in [-0.2, 0) is 11.3 Å². The van der Waals surface area contributed by atoms with Crippen LogP contribution in [0.4, 0.5) is 5.82 Å². The number of hydrogen-bond donors (Lipinski definition) is 2. The van der Waals surface area contributed by atoms with Crippen LogP contribution in [0.3, 0.4) is 0 Å². The molecular weight excluding hydrogens is 535 g/mol. The van der Waals surface area contributed by atoms with Crippen molar-refractivity contribution in [2.24, 2.45) is 4.99 Å². The molecule has 1 unspecified atom stereocenters. The number of halogens is 1. The molecule has 2 saturated heterocycles. The number of hydrogen-bond acceptors (Lipinski definition) is 6. The minimum Gasteiger partial charge on any atom is -0.379 e. The number of aromatic nitrogens is 1. The van der Waals surface area contributed by atoms with Gasteiger partial charge in [0.1, 0.15) is 5.82 Å². The minimum absolute atomic E-state index is 0. The molecule has 176 valence electrons. The lowest BCUT2D eigenvalue weighted by Crippen LogP contribution is -2.46. The average molecular weight is 571 g/mol. The lowest BCUT2D eigenvalue weighted by atomic mass is 10.2. The average Bonchev–Trinajstić information content (AvgIpc) is 3.53. The summed E-state index contributed by atoms with van der Waals surface area (Å²) in [7, 11) is 0. The Balaban J connectivity index is 0.00000289. The number of morpholine rings is 1. The van der Waals surface area contributed by atoms with Crippen LogP contribution in [-0.4, -0.2) is 68.3 Å². The second kappa shape index (κ2) is 13.3. The molecule has 0 radical (unpaired) electrons. The van der Waals surface area contributed by atoms with Crippen LogP contribution in [0.25, 0.3) is 0 Å². The third-order valence-electron chi connectivity index (χ3n) is 5.82. The number of rotatable bonds is 8. The summed E-state index contributed by atoms with van der Waals surface area (Å²) in [4.78, 5) is 15.7. The lowest BCUT2D eigenvalue weighted by Gasteiger charge is -2.34. The molecule has 0 bridgehead atoms. The Hall–Kier alpha value is -1.43. The summed E-state index contributed by atoms with van der Waals surface area (Å²) in [5, 5.41) is 9.14. The van der Waals surface area contributed by atoms with Crippen LogP contribution >= 0.6 is 35.3 Å². The zero-order valence-electron chi connectivity index (χ0n) is 18.8. The summed E-state index contributed by atoms with van der Waals surface area (Å²) in [6.45, 7) is 10.2. The van der Waals surface area contributed by atoms with Gasteiger partial charge in [-0.2, -0.15) is 0 Å². The van der Waals surface area contributed by atoms with Crippen LogP contribution < -0.4 is 15.5 Å². The SMILES string of the molecule is CCNC(=NCc1ccnc(N2CCCC2)c1)NCC(c1cccs1)N1CCOCC1.I. The first-order valence-electron chi connectivity index (χ1n) is 11.4. The van der Waals surface area contributed by atoms with Crippen molar-refractivity contribution >= 4 is 47.1 Å². The number of ether oxygens (including phenoxy) is 1. The van der Waals surface area contributed by atoms with Gasteiger partial charge in [-0.1, -0.05) is 6.07 Å². The number of aliphatic imine (C=N–C) groups is 1. The van der Waals surface area contributed by atoms with Crippen molar-refractivity contribution < 1.29 is 4.74 Å². The fourth-order valence-electron chi connectivity index (χ4n) is 4.16. The molecule has 0 aliphatic carbocycles. The highest BCUT2D eigenvalue weighted by molar-refractivity contribution is 14.0. The number of pyridine rings is 1. The quantitative estimate of drug-likeness (QED) is 0.288. The van der Waals surface area contributed by atoms with Gasteiger partial charge in [0.25, 0.3) is 0 Å². The summed E-state index contributed by atoms with van der Waals surface area (Å²) >= 11 is 1.82. The molecule has 4 rings (SSSR count). The van der Waals surface area contributed by atoms with Crippen molar-refractivity contribution in [2.45, 2.75) is 32.4 Å². The molecule has 2 fully saturated rings. The van der Waals surface area contributed by atoms with E-state index in [1.807, 2.05) is 17.5 Å². The first-order chi connectivity index (χ1) is 15.3. The first-order valence-corrected chi connectivity index (χ1v) is 12.3. The predicted molar refractivity (Wildman–Crippen MR) is 143 cm³/mol. The van der Waals surface area contributed by atoms with Gasteiger partial charge in [0.15, 0.2) is 5.96 Å². The van der Waals surface area contributed by atoms with Crippen LogP contribution in [0.2, 0.25) is 0 Å². The second-order valence-corrected chi connectivity index (χ2v) is 8.95. The Bertz CT molecular complexity index is 822. The highest BCUT2D eigenvalue weighted by Crippen LogP contribution is 2.25. The maximum Gasteiger partial charge on any atom is 0.191 e. The summed E-state index contributed by atoms with van der Waals surface area (Å²) in [6, 6.07) is 8.94. The number of nitrogens with zero attached hydrogens (tertiary/aromatic N) is 4. The topological polar surface area (TPSA) is 65.0 Å². The minimum atomic E-state index is 0. The van der Waals surface area contributed by atoms with E-state index in [9.17, 15) is 0 Å². The summed E-state index contributed by atoms with van der Waals surface area (Å²) in [5.41, 5.74) is 1.19. The summed E-state index contributed by atoms with van der Waals surface area (Å²) in [5.74, 6) is 1.94. The molecule has 9 heteroatoms. The number of nitrogens with one attached hydrogen (secondary N) is 2. The smallest absolute Gasteiger partial charge is 0.191 e. The molecule has 0 aromatic carbocycles. The summed E-state index contributed by atoms with van der Waals surface area (Å²) in [6.07, 6.45) is 4.42. The van der Waals surface area contributed by atoms with Gasteiger partial charge in [0, 0.05) is 50.3 Å². The van der Waals surface area contributed by atoms with Gasteiger partial charge >= 0.3 is 0 Å². The van der Waals surface area contributed by atoms with E-state index < -0.39 is 0 Å². The van der Waals surface area contributed by atoms with Crippen molar-refractivity contribution in [3.8, 4) is 0 Å². The number of anilines is 1. The molecule has 2 aliphatic heterocycles. The largest absolute Gasteiger partial charge is 0.379 e. The molecule has 2 aromatic rings. The van der Waals surface area contributed by atoms with E-state index in [1.165, 1.54) is 23.3 Å². The predicted octanol–water partition coefficient (Wildman–Crippen LogP) is 3.49. The van der Waals surface area contributed by atoms with Crippen LogP contribution in [0.1, 0.15) is 36.2 Å². The van der Waals surface area contributed by atoms with Crippen molar-refractivity contribution in [1.29, 1.82) is 0 Å². The van der Waals surface area contributed by atoms with Gasteiger partial charge in [-0.25, -0.2) is 9.98 Å². The molecule has 7 nitrogen and oxygen atoms in total. The van der Waals surface area contributed by atoms with Gasteiger partial charge in [-0.3, -0.25) is 4.90 Å². The Kier molecular flexibility index (Phi) is 10.5. The van der Waals surface area contributed by atoms with E-state index in [0.29, 0.717) is 12.6 Å². The Morgan fingerprint density at radius 1 is 1.19 bits per heavy atom. The molecule has 1 atom stereocenters. The van der Waals surface area contributed by atoms with Crippen LogP contribution in [0.15, 0.2) is 40.8 Å². The zero-order valence-corrected chi connectivity index (χ0v) is 22.0. The van der Waals surface area contributed by atoms with E-state index in [0.717, 1.165) is 64.3 Å². The van der Waals surface area contributed by atoms with E-state index in [1.54, 1.807) is 0 Å². The molecule has 0 spiro atoms. The highest BCUT2D eigenvalue weighted by Gasteiger charge is 2.23. The highest BCUT2D eigenvalue weighted by atomic mass is 127. The molecule has 4 heterocycles. The third-order valence-corrected chi connectivity index (χ3v) is 6.80. The van der Waals surface area contributed by atoms with Crippen molar-refractivity contribution in [1.82, 2.24) is 20.5 Å². The number of thiophene rings is 1. The Labute approximate surface area is 212 Å². The Morgan fingerprint density at radius 3 is 2.72 bits per heavy atom. The molecule has 2 aromatic heterocycles. The van der Waals surface area contributed by atoms with Gasteiger partial charge in [-0.05, 0) is 48.9 Å². The maximum atomic E-state index is 5.56. The van der Waals surface area contributed by atoms with Crippen molar-refractivity contribution in [3.05, 3.63) is 46.3 Å². The first kappa shape index (κ1) is 25.2. The third kappa shape index (κ3) is 7.03. The van der Waals surface area contributed by atoms with Crippen LogP contribution in [0, 0.1) is 0 Å². The van der Waals surface area contributed by atoms with Gasteiger partial charge in [-0.15, -0.1) is 35.3 Å². The molecule has 0 amide bonds. The summed E-state index contributed by atoms with van der Waals surface area (Å²) < 4.78 is 5.56. The van der Waals surface area contributed by atoms with Crippen molar-refractivity contribution in [2.75, 3.05) is 57.4 Å². The molecule has 2 N–H and O–H groups in total. The van der Waals surface area contributed by atoms with Gasteiger partial charge < -0.3 is 20.3 Å². The van der Waals surface area contributed by atoms with E-state index in [-0.39, 0.29) is 24.0 Å². The zero-order chi connectivity index (χ0) is 21.3. The van der Waals surface area contributed by atoms with E-state index in [2.05, 4.69) is 62.0 Å². The van der Waals surface area contributed by atoms with E-state index >= 15 is 0 Å². The fraction of sp³-hybridized carbons (Fsp3) is 0.565. The molecule has 32 heavy (non-hydrogen) atoms. The Morgan fingerprint density at radius 2 is 2.00 bits per heavy atom. The van der Waals surface area contributed by atoms with Crippen LogP contribution in [0.5, 0.6) is 0 Å². The number of guanidine groups is 1. The second-order valence-electron chi connectivity index (χ2n) is 7.97. The van der Waals surface area contributed by atoms with Gasteiger partial charge in [0.05, 0.1) is 25.8 Å². The van der Waals surface area contributed by atoms with Crippen molar-refractivity contribution in [3.63, 3.8) is 0 Å². The normalized spacial score (nSPS) is 18.3. The standard InChI is InChI=1S/C23H34N6OS.HI/c1-2-24-23(26-17-19-7-8-25-22(16-19)29-9-3-4-10-29)27-18-20(21-6-5-15-31-21)28-11-13-30-14-12-28;/h5-8,15-16,20H,2-4,9-14,17-18H2,1H3,(H2,24,26,27);1H. The van der Waals surface area contributed by atoms with Gasteiger partial charge in [0.2, 0.25) is 0 Å².